The Kier molecular flexibility index (Phi) is 6.17. The van der Waals surface area contributed by atoms with E-state index < -0.39 is 6.09 Å². The number of rotatable bonds is 7. The Hall–Kier alpha value is -2.77. The fourth-order valence-corrected chi connectivity index (χ4v) is 3.81. The van der Waals surface area contributed by atoms with Gasteiger partial charge in [-0.3, -0.25) is 9.80 Å². The summed E-state index contributed by atoms with van der Waals surface area (Å²) >= 11 is 0. The van der Waals surface area contributed by atoms with Gasteiger partial charge in [-0.05, 0) is 36.1 Å². The van der Waals surface area contributed by atoms with E-state index in [1.54, 1.807) is 0 Å². The maximum absolute atomic E-state index is 11.3. The van der Waals surface area contributed by atoms with Crippen LogP contribution in [0.4, 0.5) is 4.79 Å². The molecular weight excluding hydrogens is 370 g/mol. The molecule has 2 aliphatic rings. The van der Waals surface area contributed by atoms with Crippen LogP contribution in [-0.2, 0) is 6.54 Å². The Morgan fingerprint density at radius 2 is 1.83 bits per heavy atom. The van der Waals surface area contributed by atoms with Gasteiger partial charge in [-0.25, -0.2) is 4.79 Å². The van der Waals surface area contributed by atoms with Crippen molar-refractivity contribution in [2.75, 3.05) is 33.0 Å². The molecule has 1 radical (unpaired) electrons. The minimum absolute atomic E-state index is 0.222. The summed E-state index contributed by atoms with van der Waals surface area (Å²) in [5, 5.41) is 11.9. The molecule has 1 fully saturated rings. The normalized spacial score (nSPS) is 17.8. The molecule has 2 aliphatic heterocycles. The van der Waals surface area contributed by atoms with Gasteiger partial charge in [-0.2, -0.15) is 0 Å². The second-order valence-electron chi connectivity index (χ2n) is 7.32. The number of nitrogens with one attached hydrogen (secondary N) is 1. The predicted octanol–water partition coefficient (Wildman–Crippen LogP) is 2.77. The molecule has 0 aromatic heterocycles. The fraction of sp³-hybridized carbons (Fsp3) is 0.364. The number of amides is 1. The molecular formula is C22H26N3O4. The van der Waals surface area contributed by atoms with Crippen molar-refractivity contribution >= 4 is 6.09 Å². The molecule has 0 saturated carbocycles. The fourth-order valence-electron chi connectivity index (χ4n) is 3.81. The first-order chi connectivity index (χ1) is 14.2. The van der Waals surface area contributed by atoms with E-state index in [4.69, 9.17) is 9.47 Å². The molecule has 1 saturated heterocycles. The number of benzene rings is 2. The van der Waals surface area contributed by atoms with Crippen LogP contribution in [0.5, 0.6) is 11.5 Å². The molecule has 1 atom stereocenters. The van der Waals surface area contributed by atoms with Gasteiger partial charge in [0.15, 0.2) is 11.5 Å². The zero-order valence-electron chi connectivity index (χ0n) is 16.3. The van der Waals surface area contributed by atoms with Crippen LogP contribution in [0.25, 0.3) is 0 Å². The molecule has 1 unspecified atom stereocenters. The smallest absolute Gasteiger partial charge is 0.405 e. The number of hydrogen-bond donors (Lipinski definition) is 2. The predicted molar refractivity (Wildman–Crippen MR) is 109 cm³/mol. The number of fused-ring (bicyclic) bond motifs is 1. The van der Waals surface area contributed by atoms with Crippen molar-refractivity contribution in [1.82, 2.24) is 15.1 Å². The number of hydrogen-bond acceptors (Lipinski definition) is 5. The Morgan fingerprint density at radius 1 is 1.07 bits per heavy atom. The molecule has 2 aromatic carbocycles. The van der Waals surface area contributed by atoms with E-state index in [0.29, 0.717) is 6.42 Å². The summed E-state index contributed by atoms with van der Waals surface area (Å²) in [5.41, 5.74) is 2.30. The molecule has 2 aromatic rings. The van der Waals surface area contributed by atoms with Crippen LogP contribution in [0, 0.1) is 6.42 Å². The SMILES string of the molecule is O=C(O)NC(C[CH]c1ccccc1)N1CCN(Cc2ccc3c(c2)OCO3)CC1. The number of piperazine rings is 1. The summed E-state index contributed by atoms with van der Waals surface area (Å²) in [5.74, 6) is 1.61. The maximum Gasteiger partial charge on any atom is 0.405 e. The Morgan fingerprint density at radius 3 is 2.59 bits per heavy atom. The lowest BCUT2D eigenvalue weighted by molar-refractivity contribution is 0.0757. The Labute approximate surface area is 170 Å². The monoisotopic (exact) mass is 396 g/mol. The summed E-state index contributed by atoms with van der Waals surface area (Å²) in [6.45, 7) is 4.54. The van der Waals surface area contributed by atoms with Crippen molar-refractivity contribution in [3.8, 4) is 11.5 Å². The molecule has 153 valence electrons. The molecule has 7 heteroatoms. The first kappa shape index (κ1) is 19.5. The standard InChI is InChI=1S/C22H26N3O4/c26-22(27)23-21(9-7-17-4-2-1-3-5-17)25-12-10-24(11-13-25)15-18-6-8-19-20(14-18)29-16-28-19/h1-8,14,21,23H,9-13,15-16H2,(H,26,27). The van der Waals surface area contributed by atoms with Gasteiger partial charge >= 0.3 is 6.09 Å². The summed E-state index contributed by atoms with van der Waals surface area (Å²) < 4.78 is 10.8. The summed E-state index contributed by atoms with van der Waals surface area (Å²) in [7, 11) is 0. The lowest BCUT2D eigenvalue weighted by atomic mass is 10.1. The van der Waals surface area contributed by atoms with E-state index in [0.717, 1.165) is 49.8 Å². The molecule has 4 rings (SSSR count). The van der Waals surface area contributed by atoms with Crippen molar-refractivity contribution in [2.45, 2.75) is 19.1 Å². The van der Waals surface area contributed by atoms with Gasteiger partial charge in [0, 0.05) is 32.7 Å². The highest BCUT2D eigenvalue weighted by atomic mass is 16.7. The Balaban J connectivity index is 1.30. The van der Waals surface area contributed by atoms with E-state index in [1.807, 2.05) is 42.5 Å². The van der Waals surface area contributed by atoms with Crippen molar-refractivity contribution in [3.63, 3.8) is 0 Å². The minimum Gasteiger partial charge on any atom is -0.465 e. The molecule has 2 N–H and O–H groups in total. The van der Waals surface area contributed by atoms with Gasteiger partial charge in [0.2, 0.25) is 6.79 Å². The van der Waals surface area contributed by atoms with E-state index in [-0.39, 0.29) is 13.0 Å². The maximum atomic E-state index is 11.3. The van der Waals surface area contributed by atoms with Crippen LogP contribution in [0.15, 0.2) is 48.5 Å². The van der Waals surface area contributed by atoms with Crippen LogP contribution in [0.3, 0.4) is 0 Å². The molecule has 1 amide bonds. The molecule has 2 heterocycles. The first-order valence-corrected chi connectivity index (χ1v) is 9.90. The first-order valence-electron chi connectivity index (χ1n) is 9.90. The second kappa shape index (κ2) is 9.15. The third-order valence-electron chi connectivity index (χ3n) is 5.36. The highest BCUT2D eigenvalue weighted by molar-refractivity contribution is 5.64. The average Bonchev–Trinajstić information content (AvgIpc) is 3.20. The highest BCUT2D eigenvalue weighted by Crippen LogP contribution is 2.32. The molecule has 29 heavy (non-hydrogen) atoms. The van der Waals surface area contributed by atoms with Gasteiger partial charge in [-0.1, -0.05) is 36.4 Å². The van der Waals surface area contributed by atoms with Crippen LogP contribution >= 0.6 is 0 Å². The van der Waals surface area contributed by atoms with Crippen LogP contribution < -0.4 is 14.8 Å². The van der Waals surface area contributed by atoms with Gasteiger partial charge in [-0.15, -0.1) is 0 Å². The van der Waals surface area contributed by atoms with Crippen LogP contribution in [-0.4, -0.2) is 60.1 Å². The second-order valence-corrected chi connectivity index (χ2v) is 7.32. The minimum atomic E-state index is -0.987. The van der Waals surface area contributed by atoms with Gasteiger partial charge in [0.25, 0.3) is 0 Å². The lowest BCUT2D eigenvalue weighted by Crippen LogP contribution is -2.55. The van der Waals surface area contributed by atoms with Crippen LogP contribution in [0.1, 0.15) is 17.5 Å². The summed E-state index contributed by atoms with van der Waals surface area (Å²) in [4.78, 5) is 15.9. The van der Waals surface area contributed by atoms with E-state index in [2.05, 4.69) is 27.6 Å². The van der Waals surface area contributed by atoms with Crippen molar-refractivity contribution < 1.29 is 19.4 Å². The van der Waals surface area contributed by atoms with E-state index in [9.17, 15) is 9.90 Å². The molecule has 0 bridgehead atoms. The Bertz CT molecular complexity index is 822. The number of carbonyl (C=O) groups is 1. The van der Waals surface area contributed by atoms with Gasteiger partial charge in [0.1, 0.15) is 0 Å². The van der Waals surface area contributed by atoms with Gasteiger partial charge < -0.3 is 19.9 Å². The third-order valence-corrected chi connectivity index (χ3v) is 5.36. The number of ether oxygens (including phenoxy) is 2. The third kappa shape index (κ3) is 5.19. The van der Waals surface area contributed by atoms with Crippen molar-refractivity contribution in [3.05, 3.63) is 66.1 Å². The zero-order chi connectivity index (χ0) is 20.1. The highest BCUT2D eigenvalue weighted by Gasteiger charge is 2.25. The van der Waals surface area contributed by atoms with Crippen molar-refractivity contribution in [1.29, 1.82) is 0 Å². The molecule has 7 nitrogen and oxygen atoms in total. The zero-order valence-corrected chi connectivity index (χ0v) is 16.3. The van der Waals surface area contributed by atoms with Gasteiger partial charge in [0.05, 0.1) is 6.17 Å². The summed E-state index contributed by atoms with van der Waals surface area (Å²) in [6, 6.07) is 16.1. The number of carboxylic acid groups (broad SMARTS) is 1. The van der Waals surface area contributed by atoms with E-state index >= 15 is 0 Å². The quantitative estimate of drug-likeness (QED) is 0.750. The molecule has 0 aliphatic carbocycles. The summed E-state index contributed by atoms with van der Waals surface area (Å²) in [6.07, 6.45) is 1.51. The number of nitrogens with zero attached hydrogens (tertiary/aromatic N) is 2. The largest absolute Gasteiger partial charge is 0.465 e. The van der Waals surface area contributed by atoms with Crippen LogP contribution in [0.2, 0.25) is 0 Å². The average molecular weight is 396 g/mol. The van der Waals surface area contributed by atoms with Crippen molar-refractivity contribution in [2.24, 2.45) is 0 Å². The molecule has 0 spiro atoms. The van der Waals surface area contributed by atoms with E-state index in [1.165, 1.54) is 5.56 Å². The lowest BCUT2D eigenvalue weighted by Gasteiger charge is -2.39. The topological polar surface area (TPSA) is 74.3 Å².